The minimum atomic E-state index is -0.0854. The second kappa shape index (κ2) is 9.94. The molecular formula is C16H26O6. The Bertz CT molecular complexity index is 357. The summed E-state index contributed by atoms with van der Waals surface area (Å²) >= 11 is 0. The van der Waals surface area contributed by atoms with Gasteiger partial charge in [0.1, 0.15) is 6.61 Å². The third-order valence-corrected chi connectivity index (χ3v) is 4.03. The molecule has 22 heavy (non-hydrogen) atoms. The van der Waals surface area contributed by atoms with Crippen molar-refractivity contribution in [2.24, 2.45) is 17.8 Å². The molecule has 126 valence electrons. The molecular weight excluding hydrogens is 288 g/mol. The van der Waals surface area contributed by atoms with Crippen molar-refractivity contribution in [1.82, 2.24) is 0 Å². The zero-order chi connectivity index (χ0) is 15.6. The van der Waals surface area contributed by atoms with E-state index in [0.717, 1.165) is 12.8 Å². The van der Waals surface area contributed by atoms with Crippen LogP contribution in [-0.4, -0.2) is 63.9 Å². The van der Waals surface area contributed by atoms with E-state index in [-0.39, 0.29) is 18.5 Å². The average molecular weight is 314 g/mol. The summed E-state index contributed by atoms with van der Waals surface area (Å²) in [7, 11) is 0. The molecule has 1 saturated carbocycles. The first-order valence-corrected chi connectivity index (χ1v) is 8.00. The first kappa shape index (κ1) is 17.4. The molecule has 2 bridgehead atoms. The van der Waals surface area contributed by atoms with Gasteiger partial charge in [-0.15, -0.1) is 0 Å². The Hall–Kier alpha value is -0.950. The normalized spacial score (nSPS) is 25.8. The second-order valence-electron chi connectivity index (χ2n) is 5.61. The monoisotopic (exact) mass is 314 g/mol. The van der Waals surface area contributed by atoms with Gasteiger partial charge in [-0.25, -0.2) is 0 Å². The Balaban J connectivity index is 1.37. The lowest BCUT2D eigenvalue weighted by Crippen LogP contribution is -2.23. The third-order valence-electron chi connectivity index (χ3n) is 4.03. The lowest BCUT2D eigenvalue weighted by atomic mass is 9.94. The van der Waals surface area contributed by atoms with Crippen molar-refractivity contribution in [2.45, 2.75) is 12.8 Å². The van der Waals surface area contributed by atoms with E-state index >= 15 is 0 Å². The van der Waals surface area contributed by atoms with Gasteiger partial charge < -0.3 is 24.1 Å². The van der Waals surface area contributed by atoms with Crippen LogP contribution in [-0.2, 0) is 23.7 Å². The first-order valence-electron chi connectivity index (χ1n) is 8.00. The van der Waals surface area contributed by atoms with E-state index in [1.807, 2.05) is 0 Å². The Morgan fingerprint density at radius 2 is 1.55 bits per heavy atom. The third kappa shape index (κ3) is 5.68. The molecule has 0 aromatic heterocycles. The minimum absolute atomic E-state index is 0.0282. The van der Waals surface area contributed by atoms with E-state index in [2.05, 4.69) is 12.2 Å². The molecule has 6 heteroatoms. The standard InChI is InChI=1S/C16H26O6/c17-3-4-19-5-6-20-7-8-21-9-10-22-16(18)15-12-13-1-2-14(15)11-13/h1-2,13-15,17H,3-12H2/t13-,14+,15+/m1/s1. The Morgan fingerprint density at radius 1 is 0.909 bits per heavy atom. The first-order chi connectivity index (χ1) is 10.8. The zero-order valence-electron chi connectivity index (χ0n) is 12.9. The lowest BCUT2D eigenvalue weighted by Gasteiger charge is -2.16. The molecule has 6 nitrogen and oxygen atoms in total. The molecule has 2 rings (SSSR count). The molecule has 0 aromatic carbocycles. The number of hydrogen-bond acceptors (Lipinski definition) is 6. The van der Waals surface area contributed by atoms with Crippen LogP contribution in [0.15, 0.2) is 12.2 Å². The van der Waals surface area contributed by atoms with E-state index in [4.69, 9.17) is 24.1 Å². The fourth-order valence-corrected chi connectivity index (χ4v) is 2.97. The molecule has 1 fully saturated rings. The quantitative estimate of drug-likeness (QED) is 0.326. The van der Waals surface area contributed by atoms with Gasteiger partial charge in [-0.3, -0.25) is 4.79 Å². The molecule has 2 aliphatic carbocycles. The smallest absolute Gasteiger partial charge is 0.309 e. The number of rotatable bonds is 12. The largest absolute Gasteiger partial charge is 0.463 e. The van der Waals surface area contributed by atoms with E-state index in [9.17, 15) is 4.79 Å². The predicted octanol–water partition coefficient (Wildman–Crippen LogP) is 0.784. The summed E-state index contributed by atoms with van der Waals surface area (Å²) in [6.45, 7) is 2.96. The maximum atomic E-state index is 11.9. The summed E-state index contributed by atoms with van der Waals surface area (Å²) in [6.07, 6.45) is 6.41. The van der Waals surface area contributed by atoms with Gasteiger partial charge in [-0.1, -0.05) is 12.2 Å². The number of allylic oxidation sites excluding steroid dienone is 2. The van der Waals surface area contributed by atoms with Gasteiger partial charge >= 0.3 is 5.97 Å². The van der Waals surface area contributed by atoms with E-state index in [1.54, 1.807) is 0 Å². The Morgan fingerprint density at radius 3 is 2.09 bits per heavy atom. The van der Waals surface area contributed by atoms with E-state index in [0.29, 0.717) is 58.1 Å². The van der Waals surface area contributed by atoms with Crippen molar-refractivity contribution >= 4 is 5.97 Å². The molecule has 0 amide bonds. The number of fused-ring (bicyclic) bond motifs is 2. The van der Waals surface area contributed by atoms with Crippen molar-refractivity contribution in [3.05, 3.63) is 12.2 Å². The lowest BCUT2D eigenvalue weighted by molar-refractivity contribution is -0.151. The summed E-state index contributed by atoms with van der Waals surface area (Å²) < 4.78 is 20.9. The molecule has 0 aromatic rings. The van der Waals surface area contributed by atoms with Crippen LogP contribution >= 0.6 is 0 Å². The fraction of sp³-hybridized carbons (Fsp3) is 0.812. The number of carbonyl (C=O) groups excluding carboxylic acids is 1. The number of carbonyl (C=O) groups is 1. The molecule has 0 spiro atoms. The van der Waals surface area contributed by atoms with E-state index < -0.39 is 0 Å². The molecule has 3 atom stereocenters. The van der Waals surface area contributed by atoms with Gasteiger partial charge in [0.05, 0.1) is 52.2 Å². The average Bonchev–Trinajstić information content (AvgIpc) is 3.15. The van der Waals surface area contributed by atoms with Gasteiger partial charge in [-0.05, 0) is 24.7 Å². The summed E-state index contributed by atoms with van der Waals surface area (Å²) in [5.74, 6) is 0.937. The summed E-state index contributed by atoms with van der Waals surface area (Å²) in [5, 5.41) is 8.50. The highest BCUT2D eigenvalue weighted by atomic mass is 16.6. The number of esters is 1. The van der Waals surface area contributed by atoms with Gasteiger partial charge in [-0.2, -0.15) is 0 Å². The fourth-order valence-electron chi connectivity index (χ4n) is 2.97. The molecule has 1 N–H and O–H groups in total. The van der Waals surface area contributed by atoms with Crippen LogP contribution in [0.5, 0.6) is 0 Å². The predicted molar refractivity (Wildman–Crippen MR) is 79.3 cm³/mol. The number of aliphatic hydroxyl groups excluding tert-OH is 1. The summed E-state index contributed by atoms with van der Waals surface area (Å²) in [6, 6.07) is 0. The molecule has 0 radical (unpaired) electrons. The highest BCUT2D eigenvalue weighted by molar-refractivity contribution is 5.74. The van der Waals surface area contributed by atoms with Gasteiger partial charge in [0.2, 0.25) is 0 Å². The van der Waals surface area contributed by atoms with Crippen LogP contribution in [0, 0.1) is 17.8 Å². The molecule has 0 unspecified atom stereocenters. The van der Waals surface area contributed by atoms with Gasteiger partial charge in [0, 0.05) is 0 Å². The molecule has 0 saturated heterocycles. The Labute approximate surface area is 131 Å². The van der Waals surface area contributed by atoms with Crippen molar-refractivity contribution < 1.29 is 28.8 Å². The van der Waals surface area contributed by atoms with Crippen molar-refractivity contribution in [3.63, 3.8) is 0 Å². The van der Waals surface area contributed by atoms with Crippen molar-refractivity contribution in [1.29, 1.82) is 0 Å². The highest BCUT2D eigenvalue weighted by Gasteiger charge is 2.40. The molecule has 0 heterocycles. The van der Waals surface area contributed by atoms with Crippen LogP contribution in [0.1, 0.15) is 12.8 Å². The van der Waals surface area contributed by atoms with Crippen LogP contribution in [0.2, 0.25) is 0 Å². The SMILES string of the molecule is O=C(OCCOCCOCCOCCO)[C@H]1C[C@@H]2C=C[C@H]1C2. The molecule has 2 aliphatic rings. The maximum Gasteiger partial charge on any atom is 0.309 e. The Kier molecular flexibility index (Phi) is 7.87. The highest BCUT2D eigenvalue weighted by Crippen LogP contribution is 2.43. The zero-order valence-corrected chi connectivity index (χ0v) is 12.9. The van der Waals surface area contributed by atoms with Crippen molar-refractivity contribution in [3.8, 4) is 0 Å². The minimum Gasteiger partial charge on any atom is -0.463 e. The summed E-state index contributed by atoms with van der Waals surface area (Å²) in [4.78, 5) is 11.9. The summed E-state index contributed by atoms with van der Waals surface area (Å²) in [5.41, 5.74) is 0. The number of ether oxygens (including phenoxy) is 4. The van der Waals surface area contributed by atoms with Gasteiger partial charge in [0.15, 0.2) is 0 Å². The maximum absolute atomic E-state index is 11.9. The number of hydrogen-bond donors (Lipinski definition) is 1. The molecule has 0 aliphatic heterocycles. The van der Waals surface area contributed by atoms with Crippen LogP contribution in [0.25, 0.3) is 0 Å². The van der Waals surface area contributed by atoms with Crippen LogP contribution in [0.3, 0.4) is 0 Å². The number of aliphatic hydroxyl groups is 1. The topological polar surface area (TPSA) is 74.2 Å². The van der Waals surface area contributed by atoms with E-state index in [1.165, 1.54) is 0 Å². The second-order valence-corrected chi connectivity index (χ2v) is 5.61. The van der Waals surface area contributed by atoms with Crippen LogP contribution in [0.4, 0.5) is 0 Å². The van der Waals surface area contributed by atoms with Crippen LogP contribution < -0.4 is 0 Å². The van der Waals surface area contributed by atoms with Gasteiger partial charge in [0.25, 0.3) is 0 Å². The van der Waals surface area contributed by atoms with Crippen molar-refractivity contribution in [2.75, 3.05) is 52.9 Å².